The predicted octanol–water partition coefficient (Wildman–Crippen LogP) is 2.82. The molecule has 2 aliphatic heterocycles. The lowest BCUT2D eigenvalue weighted by molar-refractivity contribution is 0.134. The van der Waals surface area contributed by atoms with E-state index in [9.17, 15) is 0 Å². The second-order valence-electron chi connectivity index (χ2n) is 5.33. The van der Waals surface area contributed by atoms with Gasteiger partial charge in [-0.2, -0.15) is 11.8 Å². The van der Waals surface area contributed by atoms with Gasteiger partial charge in [0.05, 0.1) is 0 Å². The molecule has 3 rings (SSSR count). The molecule has 0 bridgehead atoms. The molecule has 0 spiro atoms. The molecule has 1 fully saturated rings. The maximum Gasteiger partial charge on any atom is 0.123 e. The molecule has 0 N–H and O–H groups in total. The summed E-state index contributed by atoms with van der Waals surface area (Å²) in [6.07, 6.45) is 4.09. The van der Waals surface area contributed by atoms with Gasteiger partial charge in [0.25, 0.3) is 0 Å². The SMILES string of the molecule is CN(C[C@@H]1Cc2ccccc2O1)C1CCSCC1. The summed E-state index contributed by atoms with van der Waals surface area (Å²) in [5, 5.41) is 0. The fourth-order valence-electron chi connectivity index (χ4n) is 2.95. The van der Waals surface area contributed by atoms with Crippen molar-refractivity contribution in [1.82, 2.24) is 4.90 Å². The highest BCUT2D eigenvalue weighted by atomic mass is 32.2. The van der Waals surface area contributed by atoms with Gasteiger partial charge in [-0.15, -0.1) is 0 Å². The van der Waals surface area contributed by atoms with Gasteiger partial charge in [-0.3, -0.25) is 4.90 Å². The Balaban J connectivity index is 1.55. The highest BCUT2D eigenvalue weighted by molar-refractivity contribution is 7.99. The first-order valence-electron chi connectivity index (χ1n) is 6.85. The zero-order valence-corrected chi connectivity index (χ0v) is 11.8. The van der Waals surface area contributed by atoms with Crippen LogP contribution in [0.2, 0.25) is 0 Å². The summed E-state index contributed by atoms with van der Waals surface area (Å²) in [7, 11) is 2.26. The number of nitrogens with zero attached hydrogens (tertiary/aromatic N) is 1. The van der Waals surface area contributed by atoms with Gasteiger partial charge in [0.1, 0.15) is 11.9 Å². The summed E-state index contributed by atoms with van der Waals surface area (Å²) in [6.45, 7) is 1.06. The molecular formula is C15H21NOS. The van der Waals surface area contributed by atoms with Crippen molar-refractivity contribution in [2.24, 2.45) is 0 Å². The standard InChI is InChI=1S/C15H21NOS/c1-16(13-6-8-18-9-7-13)11-14-10-12-4-2-3-5-15(12)17-14/h2-5,13-14H,6-11H2,1H3/t14-/m0/s1. The van der Waals surface area contributed by atoms with E-state index in [1.54, 1.807) is 0 Å². The van der Waals surface area contributed by atoms with Crippen molar-refractivity contribution in [2.45, 2.75) is 31.4 Å². The van der Waals surface area contributed by atoms with Crippen molar-refractivity contribution in [3.63, 3.8) is 0 Å². The van der Waals surface area contributed by atoms with E-state index < -0.39 is 0 Å². The van der Waals surface area contributed by atoms with Crippen molar-refractivity contribution in [1.29, 1.82) is 0 Å². The van der Waals surface area contributed by atoms with E-state index >= 15 is 0 Å². The first kappa shape index (κ1) is 12.4. The van der Waals surface area contributed by atoms with Gasteiger partial charge in [-0.05, 0) is 43.0 Å². The van der Waals surface area contributed by atoms with Gasteiger partial charge in [-0.1, -0.05) is 18.2 Å². The highest BCUT2D eigenvalue weighted by Gasteiger charge is 2.26. The number of ether oxygens (including phenoxy) is 1. The van der Waals surface area contributed by atoms with E-state index in [0.717, 1.165) is 24.8 Å². The molecular weight excluding hydrogens is 242 g/mol. The summed E-state index contributed by atoms with van der Waals surface area (Å²) in [6, 6.07) is 9.20. The van der Waals surface area contributed by atoms with Gasteiger partial charge in [0, 0.05) is 19.0 Å². The van der Waals surface area contributed by atoms with E-state index in [-0.39, 0.29) is 0 Å². The zero-order valence-electron chi connectivity index (χ0n) is 11.0. The number of para-hydroxylation sites is 1. The zero-order chi connectivity index (χ0) is 12.4. The molecule has 0 aliphatic carbocycles. The number of thioether (sulfide) groups is 1. The molecule has 2 nitrogen and oxygen atoms in total. The molecule has 2 aliphatic rings. The van der Waals surface area contributed by atoms with Crippen LogP contribution in [0, 0.1) is 0 Å². The number of fused-ring (bicyclic) bond motifs is 1. The number of hydrogen-bond acceptors (Lipinski definition) is 3. The average Bonchev–Trinajstić information content (AvgIpc) is 2.82. The van der Waals surface area contributed by atoms with E-state index in [1.807, 2.05) is 0 Å². The van der Waals surface area contributed by atoms with Crippen molar-refractivity contribution in [3.8, 4) is 5.75 Å². The van der Waals surface area contributed by atoms with Crippen LogP contribution in [0.3, 0.4) is 0 Å². The Bertz CT molecular complexity index is 378. The lowest BCUT2D eigenvalue weighted by Crippen LogP contribution is -2.40. The molecule has 0 unspecified atom stereocenters. The monoisotopic (exact) mass is 263 g/mol. The molecule has 0 radical (unpaired) electrons. The molecule has 1 aromatic rings. The highest BCUT2D eigenvalue weighted by Crippen LogP contribution is 2.29. The third-order valence-electron chi connectivity index (χ3n) is 4.02. The van der Waals surface area contributed by atoms with Crippen LogP contribution in [0.15, 0.2) is 24.3 Å². The maximum absolute atomic E-state index is 6.02. The van der Waals surface area contributed by atoms with Crippen LogP contribution in [0.4, 0.5) is 0 Å². The van der Waals surface area contributed by atoms with E-state index in [4.69, 9.17) is 4.74 Å². The molecule has 18 heavy (non-hydrogen) atoms. The molecule has 3 heteroatoms. The smallest absolute Gasteiger partial charge is 0.123 e. The van der Waals surface area contributed by atoms with E-state index in [0.29, 0.717) is 6.10 Å². The molecule has 0 amide bonds. The van der Waals surface area contributed by atoms with Crippen LogP contribution < -0.4 is 4.74 Å². The second-order valence-corrected chi connectivity index (χ2v) is 6.56. The first-order valence-corrected chi connectivity index (χ1v) is 8.01. The quantitative estimate of drug-likeness (QED) is 0.832. The minimum Gasteiger partial charge on any atom is -0.488 e. The summed E-state index contributed by atoms with van der Waals surface area (Å²) in [5.41, 5.74) is 1.37. The third-order valence-corrected chi connectivity index (χ3v) is 5.07. The lowest BCUT2D eigenvalue weighted by atomic mass is 10.1. The van der Waals surface area contributed by atoms with Crippen LogP contribution >= 0.6 is 11.8 Å². The maximum atomic E-state index is 6.02. The Hall–Kier alpha value is -0.670. The van der Waals surface area contributed by atoms with Crippen LogP contribution in [0.1, 0.15) is 18.4 Å². The molecule has 1 saturated heterocycles. The van der Waals surface area contributed by atoms with Crippen molar-refractivity contribution in [3.05, 3.63) is 29.8 Å². The second kappa shape index (κ2) is 5.54. The Morgan fingerprint density at radius 2 is 2.06 bits per heavy atom. The fourth-order valence-corrected chi connectivity index (χ4v) is 4.03. The first-order chi connectivity index (χ1) is 8.83. The molecule has 0 saturated carbocycles. The van der Waals surface area contributed by atoms with Crippen molar-refractivity contribution < 1.29 is 4.74 Å². The minimum atomic E-state index is 0.349. The van der Waals surface area contributed by atoms with Crippen molar-refractivity contribution in [2.75, 3.05) is 25.1 Å². The van der Waals surface area contributed by atoms with Gasteiger partial charge < -0.3 is 4.74 Å². The van der Waals surface area contributed by atoms with Gasteiger partial charge in [0.2, 0.25) is 0 Å². The predicted molar refractivity (Wildman–Crippen MR) is 77.5 cm³/mol. The van der Waals surface area contributed by atoms with Crippen LogP contribution in [0.5, 0.6) is 5.75 Å². The normalized spacial score (nSPS) is 24.0. The van der Waals surface area contributed by atoms with Crippen molar-refractivity contribution >= 4 is 11.8 Å². The Morgan fingerprint density at radius 3 is 2.83 bits per heavy atom. The number of likely N-dealkylation sites (N-methyl/N-ethyl adjacent to an activating group) is 1. The number of rotatable bonds is 3. The molecule has 0 aromatic heterocycles. The molecule has 1 atom stereocenters. The van der Waals surface area contributed by atoms with E-state index in [1.165, 1.54) is 29.9 Å². The molecule has 2 heterocycles. The Kier molecular flexibility index (Phi) is 3.80. The largest absolute Gasteiger partial charge is 0.488 e. The third kappa shape index (κ3) is 2.67. The summed E-state index contributed by atoms with van der Waals surface area (Å²) < 4.78 is 6.02. The van der Waals surface area contributed by atoms with Gasteiger partial charge >= 0.3 is 0 Å². The topological polar surface area (TPSA) is 12.5 Å². The Morgan fingerprint density at radius 1 is 1.28 bits per heavy atom. The minimum absolute atomic E-state index is 0.349. The Labute approximate surface area is 114 Å². The number of hydrogen-bond donors (Lipinski definition) is 0. The lowest BCUT2D eigenvalue weighted by Gasteiger charge is -2.32. The molecule has 98 valence electrons. The summed E-state index contributed by atoms with van der Waals surface area (Å²) in [5.74, 6) is 3.73. The van der Waals surface area contributed by atoms with Crippen LogP contribution in [-0.4, -0.2) is 42.1 Å². The fraction of sp³-hybridized carbons (Fsp3) is 0.600. The molecule has 1 aromatic carbocycles. The number of benzene rings is 1. The summed E-state index contributed by atoms with van der Waals surface area (Å²) in [4.78, 5) is 2.51. The summed E-state index contributed by atoms with van der Waals surface area (Å²) >= 11 is 2.09. The van der Waals surface area contributed by atoms with Gasteiger partial charge in [-0.25, -0.2) is 0 Å². The van der Waals surface area contributed by atoms with Crippen LogP contribution in [0.25, 0.3) is 0 Å². The average molecular weight is 263 g/mol. The van der Waals surface area contributed by atoms with E-state index in [2.05, 4.69) is 48.0 Å². The van der Waals surface area contributed by atoms with Crippen LogP contribution in [-0.2, 0) is 6.42 Å². The van der Waals surface area contributed by atoms with Gasteiger partial charge in [0.15, 0.2) is 0 Å².